The van der Waals surface area contributed by atoms with Crippen LogP contribution in [0.5, 0.6) is 0 Å². The van der Waals surface area contributed by atoms with E-state index in [2.05, 4.69) is 24.3 Å². The van der Waals surface area contributed by atoms with Gasteiger partial charge in [-0.15, -0.1) is 22.7 Å². The molecule has 0 aromatic carbocycles. The van der Waals surface area contributed by atoms with E-state index >= 15 is 0 Å². The van der Waals surface area contributed by atoms with Gasteiger partial charge >= 0.3 is 0 Å². The molecule has 144 valence electrons. The summed E-state index contributed by atoms with van der Waals surface area (Å²) >= 11 is 2.88. The van der Waals surface area contributed by atoms with Crippen LogP contribution in [0.2, 0.25) is 0 Å². The summed E-state index contributed by atoms with van der Waals surface area (Å²) in [6.07, 6.45) is 13.0. The highest BCUT2D eigenvalue weighted by Crippen LogP contribution is 2.31. The van der Waals surface area contributed by atoms with E-state index in [1.54, 1.807) is 0 Å². The van der Waals surface area contributed by atoms with Crippen molar-refractivity contribution >= 4 is 45.0 Å². The minimum atomic E-state index is 0.123. The van der Waals surface area contributed by atoms with Crippen molar-refractivity contribution in [3.05, 3.63) is 90.0 Å². The number of nitrogens with zero attached hydrogens (tertiary/aromatic N) is 4. The van der Waals surface area contributed by atoms with E-state index in [1.807, 2.05) is 60.7 Å². The van der Waals surface area contributed by atoms with Crippen LogP contribution < -0.4 is 18.1 Å². The molecule has 0 saturated heterocycles. The van der Waals surface area contributed by atoms with Crippen LogP contribution in [0.25, 0.3) is 22.3 Å². The van der Waals surface area contributed by atoms with Gasteiger partial charge in [-0.1, -0.05) is 36.5 Å². The van der Waals surface area contributed by atoms with Gasteiger partial charge in [0.2, 0.25) is 0 Å². The van der Waals surface area contributed by atoms with Gasteiger partial charge in [0.25, 0.3) is 0 Å². The van der Waals surface area contributed by atoms with Crippen molar-refractivity contribution in [3.63, 3.8) is 0 Å². The van der Waals surface area contributed by atoms with Crippen molar-refractivity contribution in [2.75, 3.05) is 0 Å². The molecule has 2 heterocycles. The molecule has 0 spiro atoms. The highest BCUT2D eigenvalue weighted by molar-refractivity contribution is 7.08. The molecule has 2 aromatic heterocycles. The van der Waals surface area contributed by atoms with E-state index in [1.165, 1.54) is 22.7 Å². The molecule has 2 aliphatic carbocycles. The van der Waals surface area contributed by atoms with E-state index in [-0.39, 0.29) is 11.1 Å². The van der Waals surface area contributed by atoms with Gasteiger partial charge in [-0.3, -0.25) is 0 Å². The summed E-state index contributed by atoms with van der Waals surface area (Å²) in [5.41, 5.74) is 4.68. The molecule has 0 fully saturated rings. The summed E-state index contributed by atoms with van der Waals surface area (Å²) in [6, 6.07) is 15.3. The summed E-state index contributed by atoms with van der Waals surface area (Å²) < 4.78 is 3.35. The van der Waals surface area contributed by atoms with Gasteiger partial charge in [0, 0.05) is 9.06 Å². The lowest BCUT2D eigenvalue weighted by molar-refractivity contribution is 1.24. The smallest absolute Gasteiger partial charge is 0.146 e. The maximum absolute atomic E-state index is 9.14. The second kappa shape index (κ2) is 8.66. The standard InChI is InChI=1S/C25H12N4S2/c26-12-18(13-27)22-7-9-24(30-22)20-5-1-3-16-11-17(20)4-2-6-21(16)25-10-8-23(31-25)19(14-28)15-29/h1-10H,11H2/b24-20-,25-21+. The van der Waals surface area contributed by atoms with Crippen LogP contribution in [0, 0.1) is 45.3 Å². The minimum absolute atomic E-state index is 0.123. The number of fused-ring (bicyclic) bond motifs is 2. The molecule has 2 aromatic rings. The Kier molecular flexibility index (Phi) is 5.61. The Bertz CT molecular complexity index is 1480. The zero-order valence-electron chi connectivity index (χ0n) is 16.1. The average molecular weight is 433 g/mol. The summed E-state index contributed by atoms with van der Waals surface area (Å²) in [7, 11) is 0. The van der Waals surface area contributed by atoms with Gasteiger partial charge in [0.1, 0.15) is 35.4 Å². The van der Waals surface area contributed by atoms with Gasteiger partial charge < -0.3 is 0 Å². The zero-order chi connectivity index (χ0) is 21.8. The maximum Gasteiger partial charge on any atom is 0.146 e. The lowest BCUT2D eigenvalue weighted by Crippen LogP contribution is -2.04. The molecule has 2 aliphatic rings. The van der Waals surface area contributed by atoms with Gasteiger partial charge in [0.15, 0.2) is 0 Å². The molecule has 0 radical (unpaired) electrons. The number of rotatable bonds is 0. The Morgan fingerprint density at radius 3 is 1.45 bits per heavy atom. The Hall–Kier alpha value is -4.20. The Morgan fingerprint density at radius 2 is 1.06 bits per heavy atom. The highest BCUT2D eigenvalue weighted by Gasteiger charge is 2.15. The lowest BCUT2D eigenvalue weighted by Gasteiger charge is -2.08. The van der Waals surface area contributed by atoms with E-state index in [9.17, 15) is 0 Å². The van der Waals surface area contributed by atoms with Crippen molar-refractivity contribution in [3.8, 4) is 24.3 Å². The van der Waals surface area contributed by atoms with Crippen LogP contribution in [-0.2, 0) is 0 Å². The highest BCUT2D eigenvalue weighted by atomic mass is 32.1. The van der Waals surface area contributed by atoms with E-state index in [0.717, 1.165) is 37.8 Å². The van der Waals surface area contributed by atoms with Crippen molar-refractivity contribution < 1.29 is 0 Å². The Labute approximate surface area is 186 Å². The SMILES string of the molecule is N#CC(C#N)=c1cc/c(=C2\C=CC=C3CC2=CC=C/C3=c2/ccc(=C(C#N)C#N)s2)s1. The van der Waals surface area contributed by atoms with Crippen LogP contribution in [0.1, 0.15) is 6.42 Å². The monoisotopic (exact) mass is 432 g/mol. The molecule has 0 saturated carbocycles. The zero-order valence-corrected chi connectivity index (χ0v) is 17.7. The first kappa shape index (κ1) is 20.1. The number of nitriles is 4. The van der Waals surface area contributed by atoms with E-state index in [4.69, 9.17) is 21.0 Å². The minimum Gasteiger partial charge on any atom is -0.192 e. The number of hydrogen-bond acceptors (Lipinski definition) is 6. The first-order valence-corrected chi connectivity index (χ1v) is 10.9. The molecular formula is C25H12N4S2. The van der Waals surface area contributed by atoms with Crippen molar-refractivity contribution in [2.24, 2.45) is 0 Å². The molecule has 4 nitrogen and oxygen atoms in total. The van der Waals surface area contributed by atoms with Crippen LogP contribution in [0.4, 0.5) is 0 Å². The quantitative estimate of drug-likeness (QED) is 0.639. The summed E-state index contributed by atoms with van der Waals surface area (Å²) in [5.74, 6) is 0. The molecule has 0 atom stereocenters. The summed E-state index contributed by atoms with van der Waals surface area (Å²) in [5, 5.41) is 36.5. The summed E-state index contributed by atoms with van der Waals surface area (Å²) in [4.78, 5) is 0. The first-order chi connectivity index (χ1) is 15.2. The van der Waals surface area contributed by atoms with Crippen LogP contribution >= 0.6 is 22.7 Å². The second-order valence-corrected chi connectivity index (χ2v) is 8.80. The predicted octanol–water partition coefficient (Wildman–Crippen LogP) is 2.59. The molecule has 0 unspecified atom stereocenters. The molecule has 6 heteroatoms. The van der Waals surface area contributed by atoms with Crippen molar-refractivity contribution in [1.29, 1.82) is 21.0 Å². The Morgan fingerprint density at radius 1 is 0.645 bits per heavy atom. The third-order valence-corrected chi connectivity index (χ3v) is 7.15. The molecule has 4 rings (SSSR count). The summed E-state index contributed by atoms with van der Waals surface area (Å²) in [6.45, 7) is 0. The fourth-order valence-electron chi connectivity index (χ4n) is 3.41. The van der Waals surface area contributed by atoms with Gasteiger partial charge in [-0.25, -0.2) is 0 Å². The predicted molar refractivity (Wildman–Crippen MR) is 122 cm³/mol. The molecular weight excluding hydrogens is 420 g/mol. The molecule has 0 amide bonds. The van der Waals surface area contributed by atoms with E-state index in [0.29, 0.717) is 9.06 Å². The van der Waals surface area contributed by atoms with E-state index < -0.39 is 0 Å². The molecule has 31 heavy (non-hydrogen) atoms. The largest absolute Gasteiger partial charge is 0.192 e. The van der Waals surface area contributed by atoms with Gasteiger partial charge in [-0.05, 0) is 53.0 Å². The second-order valence-electron chi connectivity index (χ2n) is 6.63. The number of hydrogen-bond donors (Lipinski definition) is 0. The fourth-order valence-corrected chi connectivity index (χ4v) is 5.44. The van der Waals surface area contributed by atoms with Crippen molar-refractivity contribution in [2.45, 2.75) is 6.42 Å². The van der Waals surface area contributed by atoms with Crippen molar-refractivity contribution in [1.82, 2.24) is 0 Å². The third-order valence-electron chi connectivity index (χ3n) is 4.88. The molecule has 0 N–H and O–H groups in total. The van der Waals surface area contributed by atoms with Gasteiger partial charge in [0.05, 0.1) is 9.06 Å². The van der Waals surface area contributed by atoms with Crippen LogP contribution in [-0.4, -0.2) is 0 Å². The average Bonchev–Trinajstić information content (AvgIpc) is 3.36. The number of allylic oxidation sites excluding steroid dienone is 8. The molecule has 0 aliphatic heterocycles. The van der Waals surface area contributed by atoms with Crippen LogP contribution in [0.15, 0.2) is 71.9 Å². The third kappa shape index (κ3) is 3.83. The van der Waals surface area contributed by atoms with Crippen LogP contribution in [0.3, 0.4) is 0 Å². The normalized spacial score (nSPS) is 17.7. The number of thiophene rings is 2. The topological polar surface area (TPSA) is 95.2 Å². The first-order valence-electron chi connectivity index (χ1n) is 9.23. The lowest BCUT2D eigenvalue weighted by atomic mass is 9.97. The molecule has 2 bridgehead atoms. The maximum atomic E-state index is 9.14. The Balaban J connectivity index is 1.85. The fraction of sp³-hybridized carbons (Fsp3) is 0.0400. The van der Waals surface area contributed by atoms with Gasteiger partial charge in [-0.2, -0.15) is 21.0 Å².